The van der Waals surface area contributed by atoms with E-state index in [0.717, 1.165) is 10.7 Å². The van der Waals surface area contributed by atoms with Crippen molar-refractivity contribution in [2.45, 2.75) is 24.2 Å². The molecule has 0 saturated carbocycles. The summed E-state index contributed by atoms with van der Waals surface area (Å²) in [6, 6.07) is 1.93. The highest BCUT2D eigenvalue weighted by Crippen LogP contribution is 2.25. The lowest BCUT2D eigenvalue weighted by Gasteiger charge is -1.94. The summed E-state index contributed by atoms with van der Waals surface area (Å²) in [6.45, 7) is 2.28. The zero-order valence-corrected chi connectivity index (χ0v) is 9.91. The van der Waals surface area contributed by atoms with Crippen LogP contribution in [0.5, 0.6) is 0 Å². The van der Waals surface area contributed by atoms with Crippen LogP contribution in [0.15, 0.2) is 26.2 Å². The molecule has 2 aromatic heterocycles. The highest BCUT2D eigenvalue weighted by atomic mass is 32.2. The smallest absolute Gasteiger partial charge is 0.252 e. The summed E-state index contributed by atoms with van der Waals surface area (Å²) in [4.78, 5) is 5.27. The number of aromatic nitrogens is 2. The Hall–Kier alpha value is -1.27. The van der Waals surface area contributed by atoms with E-state index in [-0.39, 0.29) is 0 Å². The Kier molecular flexibility index (Phi) is 3.63. The van der Waals surface area contributed by atoms with Gasteiger partial charge in [-0.15, -0.1) is 11.8 Å². The van der Waals surface area contributed by atoms with Crippen molar-refractivity contribution in [3.63, 3.8) is 0 Å². The van der Waals surface area contributed by atoms with Gasteiger partial charge in [-0.1, -0.05) is 5.16 Å². The van der Waals surface area contributed by atoms with Crippen molar-refractivity contribution in [3.8, 4) is 0 Å². The summed E-state index contributed by atoms with van der Waals surface area (Å²) in [6.07, 6.45) is 1.67. The molecule has 0 fully saturated rings. The predicted molar refractivity (Wildman–Crippen MR) is 58.0 cm³/mol. The number of rotatable bonds is 5. The molecule has 0 saturated heterocycles. The van der Waals surface area contributed by atoms with Gasteiger partial charge in [0, 0.05) is 12.0 Å². The van der Waals surface area contributed by atoms with Crippen molar-refractivity contribution >= 4 is 11.8 Å². The summed E-state index contributed by atoms with van der Waals surface area (Å²) in [5, 5.41) is 3.85. The van der Waals surface area contributed by atoms with Gasteiger partial charge in [-0.05, 0) is 13.0 Å². The SMILES string of the molecule is COCc1nc(CSc2ccoc2C)no1. The van der Waals surface area contributed by atoms with E-state index < -0.39 is 0 Å². The topological polar surface area (TPSA) is 61.3 Å². The Morgan fingerprint density at radius 2 is 2.38 bits per heavy atom. The number of thioether (sulfide) groups is 1. The first-order chi connectivity index (χ1) is 7.79. The zero-order chi connectivity index (χ0) is 11.4. The number of methoxy groups -OCH3 is 1. The molecule has 0 unspecified atom stereocenters. The van der Waals surface area contributed by atoms with Crippen molar-refractivity contribution in [2.75, 3.05) is 7.11 Å². The van der Waals surface area contributed by atoms with E-state index in [4.69, 9.17) is 13.7 Å². The molecule has 16 heavy (non-hydrogen) atoms. The number of furan rings is 1. The Balaban J connectivity index is 1.92. The van der Waals surface area contributed by atoms with Crippen molar-refractivity contribution < 1.29 is 13.7 Å². The molecule has 86 valence electrons. The predicted octanol–water partition coefficient (Wildman–Crippen LogP) is 2.41. The number of nitrogens with zero attached hydrogens (tertiary/aromatic N) is 2. The van der Waals surface area contributed by atoms with Crippen LogP contribution in [-0.2, 0) is 17.1 Å². The van der Waals surface area contributed by atoms with E-state index >= 15 is 0 Å². The van der Waals surface area contributed by atoms with E-state index in [1.54, 1.807) is 25.1 Å². The van der Waals surface area contributed by atoms with Crippen LogP contribution >= 0.6 is 11.8 Å². The van der Waals surface area contributed by atoms with Gasteiger partial charge in [0.25, 0.3) is 5.89 Å². The maximum Gasteiger partial charge on any atom is 0.252 e. The van der Waals surface area contributed by atoms with Crippen molar-refractivity contribution in [2.24, 2.45) is 0 Å². The Morgan fingerprint density at radius 3 is 3.06 bits per heavy atom. The molecular formula is C10H12N2O3S. The van der Waals surface area contributed by atoms with Crippen molar-refractivity contribution in [1.29, 1.82) is 0 Å². The molecule has 0 aromatic carbocycles. The third-order valence-corrected chi connectivity index (χ3v) is 3.08. The van der Waals surface area contributed by atoms with Crippen LogP contribution in [0.1, 0.15) is 17.5 Å². The average molecular weight is 240 g/mol. The molecular weight excluding hydrogens is 228 g/mol. The maximum atomic E-state index is 5.19. The fourth-order valence-corrected chi connectivity index (χ4v) is 2.00. The average Bonchev–Trinajstić information content (AvgIpc) is 2.86. The molecule has 5 nitrogen and oxygen atoms in total. The van der Waals surface area contributed by atoms with Gasteiger partial charge in [0.15, 0.2) is 5.82 Å². The van der Waals surface area contributed by atoms with E-state index in [1.807, 2.05) is 13.0 Å². The minimum atomic E-state index is 0.350. The molecule has 0 atom stereocenters. The highest BCUT2D eigenvalue weighted by Gasteiger charge is 2.08. The number of ether oxygens (including phenoxy) is 1. The molecule has 6 heteroatoms. The third-order valence-electron chi connectivity index (χ3n) is 1.95. The van der Waals surface area contributed by atoms with Crippen LogP contribution < -0.4 is 0 Å². The summed E-state index contributed by atoms with van der Waals surface area (Å²) in [7, 11) is 1.59. The quantitative estimate of drug-likeness (QED) is 0.748. The molecule has 0 aliphatic carbocycles. The molecule has 0 aliphatic rings. The Morgan fingerprint density at radius 1 is 1.50 bits per heavy atom. The zero-order valence-electron chi connectivity index (χ0n) is 9.10. The molecule has 0 amide bonds. The van der Waals surface area contributed by atoms with Crippen LogP contribution in [0.2, 0.25) is 0 Å². The Bertz CT molecular complexity index is 452. The van der Waals surface area contributed by atoms with Crippen LogP contribution in [0, 0.1) is 6.92 Å². The van der Waals surface area contributed by atoms with Crippen molar-refractivity contribution in [3.05, 3.63) is 29.8 Å². The minimum absolute atomic E-state index is 0.350. The minimum Gasteiger partial charge on any atom is -0.468 e. The number of hydrogen-bond acceptors (Lipinski definition) is 6. The van der Waals surface area contributed by atoms with Crippen LogP contribution in [0.25, 0.3) is 0 Å². The van der Waals surface area contributed by atoms with Gasteiger partial charge >= 0.3 is 0 Å². The molecule has 2 rings (SSSR count). The second kappa shape index (κ2) is 5.18. The van der Waals surface area contributed by atoms with Gasteiger partial charge in [-0.25, -0.2) is 0 Å². The molecule has 0 spiro atoms. The first kappa shape index (κ1) is 11.2. The van der Waals surface area contributed by atoms with Gasteiger partial charge < -0.3 is 13.7 Å². The molecule has 2 aromatic rings. The number of hydrogen-bond donors (Lipinski definition) is 0. The van der Waals surface area contributed by atoms with Crippen LogP contribution in [-0.4, -0.2) is 17.3 Å². The third kappa shape index (κ3) is 2.65. The lowest BCUT2D eigenvalue weighted by molar-refractivity contribution is 0.151. The molecule has 0 N–H and O–H groups in total. The summed E-state index contributed by atoms with van der Waals surface area (Å²) < 4.78 is 15.1. The summed E-state index contributed by atoms with van der Waals surface area (Å²) >= 11 is 1.62. The van der Waals surface area contributed by atoms with E-state index in [2.05, 4.69) is 10.1 Å². The van der Waals surface area contributed by atoms with Crippen LogP contribution in [0.3, 0.4) is 0 Å². The van der Waals surface area contributed by atoms with E-state index in [0.29, 0.717) is 24.1 Å². The Labute approximate surface area is 97.2 Å². The molecule has 0 radical (unpaired) electrons. The van der Waals surface area contributed by atoms with Gasteiger partial charge in [0.2, 0.25) is 0 Å². The van der Waals surface area contributed by atoms with Gasteiger partial charge in [0.1, 0.15) is 12.4 Å². The largest absolute Gasteiger partial charge is 0.468 e. The van der Waals surface area contributed by atoms with Crippen LogP contribution in [0.4, 0.5) is 0 Å². The standard InChI is InChI=1S/C10H12N2O3S/c1-7-8(3-4-14-7)16-6-9-11-10(5-13-2)15-12-9/h3-4H,5-6H2,1-2H3. The van der Waals surface area contributed by atoms with Gasteiger partial charge in [-0.2, -0.15) is 4.98 Å². The molecule has 2 heterocycles. The van der Waals surface area contributed by atoms with E-state index in [1.165, 1.54) is 0 Å². The lowest BCUT2D eigenvalue weighted by atomic mass is 10.5. The second-order valence-electron chi connectivity index (χ2n) is 3.17. The second-order valence-corrected chi connectivity index (χ2v) is 4.18. The number of aryl methyl sites for hydroxylation is 1. The fourth-order valence-electron chi connectivity index (χ4n) is 1.20. The van der Waals surface area contributed by atoms with Gasteiger partial charge in [0.05, 0.1) is 12.0 Å². The lowest BCUT2D eigenvalue weighted by Crippen LogP contribution is -1.88. The summed E-state index contributed by atoms with van der Waals surface area (Å²) in [5.41, 5.74) is 0. The van der Waals surface area contributed by atoms with Gasteiger partial charge in [-0.3, -0.25) is 0 Å². The maximum absolute atomic E-state index is 5.19. The normalized spacial score (nSPS) is 10.9. The molecule has 0 bridgehead atoms. The van der Waals surface area contributed by atoms with E-state index in [9.17, 15) is 0 Å². The monoisotopic (exact) mass is 240 g/mol. The molecule has 0 aliphatic heterocycles. The fraction of sp³-hybridized carbons (Fsp3) is 0.400. The first-order valence-electron chi connectivity index (χ1n) is 4.77. The van der Waals surface area contributed by atoms with Crippen molar-refractivity contribution in [1.82, 2.24) is 10.1 Å². The first-order valence-corrected chi connectivity index (χ1v) is 5.75. The summed E-state index contributed by atoms with van der Waals surface area (Å²) in [5.74, 6) is 2.73. The highest BCUT2D eigenvalue weighted by molar-refractivity contribution is 7.98.